The van der Waals surface area contributed by atoms with Crippen molar-refractivity contribution in [2.45, 2.75) is 125 Å². The minimum Gasteiger partial charge on any atom is -0.315 e. The molecule has 0 amide bonds. The van der Waals surface area contributed by atoms with Crippen LogP contribution in [0.1, 0.15) is 136 Å². The Labute approximate surface area is 387 Å². The summed E-state index contributed by atoms with van der Waals surface area (Å²) in [5, 5.41) is 4.17. The molecule has 2 aromatic heterocycles. The first-order valence-corrected chi connectivity index (χ1v) is 24.3. The molecule has 2 aliphatic heterocycles. The Balaban J connectivity index is 1.08. The molecule has 0 radical (unpaired) electrons. The van der Waals surface area contributed by atoms with E-state index in [1.165, 1.54) is 112 Å². The summed E-state index contributed by atoms with van der Waals surface area (Å²) < 4.78 is 2.67. The lowest BCUT2D eigenvalue weighted by Gasteiger charge is -2.35. The zero-order valence-corrected chi connectivity index (χ0v) is 41.2. The first kappa shape index (κ1) is 40.7. The van der Waals surface area contributed by atoms with Gasteiger partial charge >= 0.3 is 0 Å². The lowest BCUT2D eigenvalue weighted by molar-refractivity contribution is 0.590. The highest BCUT2D eigenvalue weighted by Gasteiger charge is 2.57. The van der Waals surface area contributed by atoms with E-state index in [0.717, 1.165) is 6.42 Å². The lowest BCUT2D eigenvalue weighted by atomic mass is 9.81. The molecule has 4 heterocycles. The fourth-order valence-electron chi connectivity index (χ4n) is 12.0. The molecule has 0 fully saturated rings. The maximum atomic E-state index is 2.74. The number of fused-ring (bicyclic) bond motifs is 12. The van der Waals surface area contributed by atoms with Crippen LogP contribution in [-0.2, 0) is 28.1 Å². The van der Waals surface area contributed by atoms with Gasteiger partial charge in [0.15, 0.2) is 0 Å². The van der Waals surface area contributed by atoms with Gasteiger partial charge in [-0.1, -0.05) is 139 Å². The number of benzene rings is 5. The predicted molar refractivity (Wildman–Crippen MR) is 278 cm³/mol. The topological polar surface area (TPSA) is 10.9 Å². The molecule has 0 spiro atoms. The van der Waals surface area contributed by atoms with E-state index in [4.69, 9.17) is 0 Å². The summed E-state index contributed by atoms with van der Waals surface area (Å²) in [5.74, 6) is 1.12. The number of allylic oxidation sites excluding steroid dienone is 4. The summed E-state index contributed by atoms with van der Waals surface area (Å²) in [6.07, 6.45) is 6.25. The second-order valence-corrected chi connectivity index (χ2v) is 24.5. The second kappa shape index (κ2) is 13.0. The Kier molecular flexibility index (Phi) is 8.12. The molecule has 3 aliphatic carbocycles. The molecule has 0 N–H and O–H groups in total. The van der Waals surface area contributed by atoms with E-state index in [-0.39, 0.29) is 27.6 Å². The van der Waals surface area contributed by atoms with Gasteiger partial charge in [-0.2, -0.15) is 0 Å². The van der Waals surface area contributed by atoms with Crippen LogP contribution in [0.5, 0.6) is 0 Å². The maximum absolute atomic E-state index is 2.74. The van der Waals surface area contributed by atoms with Gasteiger partial charge in [-0.05, 0) is 139 Å². The first-order valence-electron chi connectivity index (χ1n) is 24.3. The average molecular weight is 852 g/mol. The molecule has 0 saturated carbocycles. The quantitative estimate of drug-likeness (QED) is 0.175. The standard InChI is InChI=1S/C62H65N3/c1-34(2)43-31-49-46-33-52-45(48-29-38(62(12,13)14)28-47-44-27-37(61(9,10)11)19-26-50(44)64(52)57(47)48)32-53(46)65-51-30-41(24-25-42(51)54-55(43)56(54)58(49)65)63(39-20-15-35(16-21-39)59(3,4)5)40-22-17-36(18-23-40)60(6,7)8/h15-32,34,46,56H,33H2,1-14H3/t46?,56-/m1/s1. The second-order valence-electron chi connectivity index (χ2n) is 24.5. The van der Waals surface area contributed by atoms with Crippen molar-refractivity contribution in [1.29, 1.82) is 0 Å². The lowest BCUT2D eigenvalue weighted by Crippen LogP contribution is -2.27. The minimum absolute atomic E-state index is 0.0130. The molecule has 3 nitrogen and oxygen atoms in total. The first-order chi connectivity index (χ1) is 30.6. The van der Waals surface area contributed by atoms with Gasteiger partial charge in [0, 0.05) is 73.8 Å². The van der Waals surface area contributed by atoms with Crippen LogP contribution >= 0.6 is 0 Å². The Bertz CT molecular complexity index is 3270. The molecule has 1 unspecified atom stereocenters. The summed E-state index contributed by atoms with van der Waals surface area (Å²) in [6.45, 7) is 32.7. The number of aromatic nitrogens is 1. The monoisotopic (exact) mass is 852 g/mol. The van der Waals surface area contributed by atoms with Crippen molar-refractivity contribution in [1.82, 2.24) is 4.40 Å². The molecular formula is C62H65N3. The van der Waals surface area contributed by atoms with Crippen molar-refractivity contribution in [2.24, 2.45) is 17.8 Å². The largest absolute Gasteiger partial charge is 0.315 e. The van der Waals surface area contributed by atoms with Crippen molar-refractivity contribution in [2.75, 3.05) is 9.80 Å². The van der Waals surface area contributed by atoms with Crippen LogP contribution < -0.4 is 9.80 Å². The molecule has 65 heavy (non-hydrogen) atoms. The number of anilines is 4. The fraction of sp³-hybridized carbons (Fsp3) is 0.355. The summed E-state index contributed by atoms with van der Waals surface area (Å²) in [4.78, 5) is 5.22. The smallest absolute Gasteiger partial charge is 0.0617 e. The number of rotatable bonds is 4. The van der Waals surface area contributed by atoms with Gasteiger partial charge in [-0.3, -0.25) is 0 Å². The Hall–Kier alpha value is -5.80. The van der Waals surface area contributed by atoms with Crippen LogP contribution in [0.25, 0.3) is 38.8 Å². The van der Waals surface area contributed by atoms with Crippen LogP contribution in [0.15, 0.2) is 131 Å². The van der Waals surface area contributed by atoms with E-state index in [2.05, 4.69) is 220 Å². The van der Waals surface area contributed by atoms with Gasteiger partial charge in [-0.15, -0.1) is 0 Å². The van der Waals surface area contributed by atoms with Crippen LogP contribution in [0, 0.1) is 17.8 Å². The normalized spacial score (nSPS) is 19.0. The number of nitrogens with zero attached hydrogens (tertiary/aromatic N) is 3. The Morgan fingerprint density at radius 3 is 1.69 bits per heavy atom. The molecule has 12 rings (SSSR count). The molecule has 5 aromatic carbocycles. The summed E-state index contributed by atoms with van der Waals surface area (Å²) >= 11 is 0. The third-order valence-corrected chi connectivity index (χ3v) is 15.7. The van der Waals surface area contributed by atoms with E-state index < -0.39 is 0 Å². The van der Waals surface area contributed by atoms with Gasteiger partial charge in [0.05, 0.1) is 22.6 Å². The minimum atomic E-state index is 0.0130. The molecule has 328 valence electrons. The Morgan fingerprint density at radius 2 is 1.11 bits per heavy atom. The molecule has 2 atom stereocenters. The van der Waals surface area contributed by atoms with Gasteiger partial charge in [0.2, 0.25) is 0 Å². The highest BCUT2D eigenvalue weighted by atomic mass is 15.2. The van der Waals surface area contributed by atoms with Gasteiger partial charge < -0.3 is 14.2 Å². The number of hydrogen-bond donors (Lipinski definition) is 0. The van der Waals surface area contributed by atoms with Crippen molar-refractivity contribution >= 4 is 61.6 Å². The molecule has 3 heteroatoms. The molecule has 5 aliphatic rings. The number of hydrogen-bond acceptors (Lipinski definition) is 2. The van der Waals surface area contributed by atoms with Gasteiger partial charge in [0.25, 0.3) is 0 Å². The van der Waals surface area contributed by atoms with E-state index >= 15 is 0 Å². The zero-order valence-electron chi connectivity index (χ0n) is 41.2. The summed E-state index contributed by atoms with van der Waals surface area (Å²) in [6, 6.07) is 38.3. The zero-order chi connectivity index (χ0) is 45.6. The SMILES string of the molecule is CC(C)C1=CC2=C3[C@H]4C1=C4c1ccc(N(c4ccc(C(C)(C)C)cc4)c4ccc(C(C)(C)C)cc4)cc1N3C1=Cc3c(n4c5ccc(C(C)(C)C)cc5c5cc(C(C)(C)C)cc3c54)CC12. The highest BCUT2D eigenvalue weighted by Crippen LogP contribution is 2.69. The van der Waals surface area contributed by atoms with E-state index in [1.54, 1.807) is 11.1 Å². The summed E-state index contributed by atoms with van der Waals surface area (Å²) in [5.41, 5.74) is 26.7. The van der Waals surface area contributed by atoms with Gasteiger partial charge in [0.1, 0.15) is 0 Å². The highest BCUT2D eigenvalue weighted by molar-refractivity contribution is 6.18. The molecule has 0 saturated heterocycles. The van der Waals surface area contributed by atoms with E-state index in [1.807, 2.05) is 0 Å². The average Bonchev–Trinajstić information content (AvgIpc) is 3.61. The van der Waals surface area contributed by atoms with Gasteiger partial charge in [-0.25, -0.2) is 0 Å². The third kappa shape index (κ3) is 5.79. The molecule has 7 aromatic rings. The molecule has 0 bridgehead atoms. The third-order valence-electron chi connectivity index (χ3n) is 15.7. The van der Waals surface area contributed by atoms with E-state index in [9.17, 15) is 0 Å². The van der Waals surface area contributed by atoms with Crippen LogP contribution in [0.3, 0.4) is 0 Å². The van der Waals surface area contributed by atoms with Crippen LogP contribution in [0.4, 0.5) is 22.7 Å². The van der Waals surface area contributed by atoms with Crippen molar-refractivity contribution in [3.05, 3.63) is 170 Å². The summed E-state index contributed by atoms with van der Waals surface area (Å²) in [7, 11) is 0. The van der Waals surface area contributed by atoms with Crippen LogP contribution in [-0.4, -0.2) is 4.40 Å². The van der Waals surface area contributed by atoms with E-state index in [0.29, 0.717) is 11.8 Å². The van der Waals surface area contributed by atoms with Crippen molar-refractivity contribution < 1.29 is 0 Å². The maximum Gasteiger partial charge on any atom is 0.0617 e. The fourth-order valence-corrected chi connectivity index (χ4v) is 12.0. The molecular weight excluding hydrogens is 787 g/mol. The van der Waals surface area contributed by atoms with Crippen molar-refractivity contribution in [3.8, 4) is 0 Å². The predicted octanol–water partition coefficient (Wildman–Crippen LogP) is 16.6. The van der Waals surface area contributed by atoms with Crippen molar-refractivity contribution in [3.63, 3.8) is 0 Å². The van der Waals surface area contributed by atoms with Crippen LogP contribution in [0.2, 0.25) is 0 Å². The Morgan fingerprint density at radius 1 is 0.554 bits per heavy atom.